The Balaban J connectivity index is 1.73. The van der Waals surface area contributed by atoms with Crippen LogP contribution in [0.1, 0.15) is 46.4 Å². The molecule has 0 spiro atoms. The van der Waals surface area contributed by atoms with Crippen molar-refractivity contribution in [3.05, 3.63) is 108 Å². The largest absolute Gasteiger partial charge is 0.457 e. The van der Waals surface area contributed by atoms with E-state index in [0.717, 1.165) is 61.7 Å². The Kier molecular flexibility index (Phi) is 19.9. The molecule has 0 heterocycles. The first-order valence-corrected chi connectivity index (χ1v) is 22.3. The van der Waals surface area contributed by atoms with Crippen LogP contribution in [0.4, 0.5) is 0 Å². The van der Waals surface area contributed by atoms with Crippen molar-refractivity contribution < 1.29 is 19.1 Å². The molecule has 0 N–H and O–H groups in total. The second kappa shape index (κ2) is 24.8. The van der Waals surface area contributed by atoms with Gasteiger partial charge in [-0.1, -0.05) is 58.0 Å². The van der Waals surface area contributed by atoms with E-state index >= 15 is 0 Å². The lowest BCUT2D eigenvalue weighted by Crippen LogP contribution is -2.35. The number of ether oxygens (including phenoxy) is 2. The second-order valence-corrected chi connectivity index (χ2v) is 17.7. The summed E-state index contributed by atoms with van der Waals surface area (Å²) in [5.74, 6) is 2.64. The second-order valence-electron chi connectivity index (χ2n) is 15.5. The number of amides is 2. The topological polar surface area (TPSA) is 72.0 Å². The highest BCUT2D eigenvalue weighted by molar-refractivity contribution is 8.76. The van der Waals surface area contributed by atoms with Crippen LogP contribution in [-0.4, -0.2) is 150 Å². The predicted octanol–water partition coefficient (Wildman–Crippen LogP) is 8.76. The minimum atomic E-state index is -0.0164. The predicted molar refractivity (Wildman–Crippen MR) is 242 cm³/mol. The van der Waals surface area contributed by atoms with E-state index in [4.69, 9.17) is 9.47 Å². The summed E-state index contributed by atoms with van der Waals surface area (Å²) in [4.78, 5) is 43.2. The molecule has 314 valence electrons. The van der Waals surface area contributed by atoms with Gasteiger partial charge in [0.1, 0.15) is 23.0 Å². The van der Waals surface area contributed by atoms with Crippen LogP contribution in [0.3, 0.4) is 0 Å². The van der Waals surface area contributed by atoms with Gasteiger partial charge in [-0.05, 0) is 169 Å². The zero-order valence-electron chi connectivity index (χ0n) is 35.9. The van der Waals surface area contributed by atoms with Crippen molar-refractivity contribution in [2.45, 2.75) is 35.5 Å². The molecule has 58 heavy (non-hydrogen) atoms. The van der Waals surface area contributed by atoms with Gasteiger partial charge in [-0.15, -0.1) is 0 Å². The smallest absolute Gasteiger partial charge is 0.255 e. The maximum atomic E-state index is 14.6. The van der Waals surface area contributed by atoms with Crippen molar-refractivity contribution in [1.82, 2.24) is 29.4 Å². The third kappa shape index (κ3) is 16.3. The van der Waals surface area contributed by atoms with E-state index < -0.39 is 0 Å². The van der Waals surface area contributed by atoms with E-state index in [0.29, 0.717) is 60.3 Å². The van der Waals surface area contributed by atoms with E-state index in [-0.39, 0.29) is 11.8 Å². The number of hydrogen-bond donors (Lipinski definition) is 0. The third-order valence-electron chi connectivity index (χ3n) is 9.25. The molecule has 0 aliphatic heterocycles. The molecule has 0 bridgehead atoms. The Labute approximate surface area is 355 Å². The fraction of sp³-hybridized carbons (Fsp3) is 0.435. The molecular formula is C46H64N6O4S2. The first-order chi connectivity index (χ1) is 27.9. The highest BCUT2D eigenvalue weighted by Crippen LogP contribution is 2.44. The van der Waals surface area contributed by atoms with Gasteiger partial charge in [-0.2, -0.15) is 0 Å². The molecule has 0 atom stereocenters. The fourth-order valence-corrected chi connectivity index (χ4v) is 8.61. The van der Waals surface area contributed by atoms with Gasteiger partial charge in [0.05, 0.1) is 11.1 Å². The standard InChI is InChI=1S/C46H64N6O4S2/c1-47(2)27-15-31-51(32-16-28-48(3)4)45(53)41-25-23-39(55-37-19-11-9-12-20-37)35-43(41)57-58-44-36-40(56-38-21-13-10-14-22-38)24-26-42(44)46(54)52(33-17-29-49(5)6)34-18-30-50(7)8/h9-14,19-26,35-36H,15-18,27-34H2,1-8H3. The fourth-order valence-electron chi connectivity index (χ4n) is 6.24. The molecule has 10 nitrogen and oxygen atoms in total. The molecule has 0 aliphatic carbocycles. The maximum absolute atomic E-state index is 14.6. The van der Waals surface area contributed by atoms with Crippen LogP contribution in [0.2, 0.25) is 0 Å². The van der Waals surface area contributed by atoms with Crippen LogP contribution in [0.15, 0.2) is 107 Å². The molecule has 0 aromatic heterocycles. The van der Waals surface area contributed by atoms with Gasteiger partial charge in [0, 0.05) is 36.0 Å². The third-order valence-corrected chi connectivity index (χ3v) is 11.7. The monoisotopic (exact) mass is 828 g/mol. The quantitative estimate of drug-likeness (QED) is 0.0606. The highest BCUT2D eigenvalue weighted by Gasteiger charge is 2.24. The average Bonchev–Trinajstić information content (AvgIpc) is 3.19. The molecule has 0 unspecified atom stereocenters. The lowest BCUT2D eigenvalue weighted by Gasteiger charge is -2.26. The van der Waals surface area contributed by atoms with Gasteiger partial charge < -0.3 is 38.9 Å². The minimum Gasteiger partial charge on any atom is -0.457 e. The van der Waals surface area contributed by atoms with Crippen molar-refractivity contribution in [3.63, 3.8) is 0 Å². The Hall–Kier alpha value is -4.04. The number of carbonyl (C=O) groups is 2. The summed E-state index contributed by atoms with van der Waals surface area (Å²) in [5.41, 5.74) is 1.21. The van der Waals surface area contributed by atoms with Crippen molar-refractivity contribution in [2.24, 2.45) is 0 Å². The molecule has 12 heteroatoms. The van der Waals surface area contributed by atoms with Crippen molar-refractivity contribution in [3.8, 4) is 23.0 Å². The maximum Gasteiger partial charge on any atom is 0.255 e. The number of benzene rings is 4. The van der Waals surface area contributed by atoms with E-state index in [1.807, 2.05) is 107 Å². The zero-order valence-corrected chi connectivity index (χ0v) is 37.5. The molecule has 4 aromatic rings. The van der Waals surface area contributed by atoms with Crippen LogP contribution in [0.25, 0.3) is 0 Å². The van der Waals surface area contributed by atoms with Gasteiger partial charge in [-0.25, -0.2) is 0 Å². The first-order valence-electron chi connectivity index (χ1n) is 20.2. The van der Waals surface area contributed by atoms with Crippen LogP contribution < -0.4 is 9.47 Å². The van der Waals surface area contributed by atoms with Gasteiger partial charge in [-0.3, -0.25) is 9.59 Å². The number of hydrogen-bond acceptors (Lipinski definition) is 10. The van der Waals surface area contributed by atoms with Crippen LogP contribution in [-0.2, 0) is 0 Å². The number of para-hydroxylation sites is 2. The zero-order chi connectivity index (χ0) is 41.9. The first kappa shape index (κ1) is 46.6. The summed E-state index contributed by atoms with van der Waals surface area (Å²) in [6.07, 6.45) is 3.47. The normalized spacial score (nSPS) is 11.4. The van der Waals surface area contributed by atoms with Crippen molar-refractivity contribution in [2.75, 3.05) is 109 Å². The van der Waals surface area contributed by atoms with Gasteiger partial charge >= 0.3 is 0 Å². The van der Waals surface area contributed by atoms with E-state index in [9.17, 15) is 9.59 Å². The summed E-state index contributed by atoms with van der Waals surface area (Å²) in [5, 5.41) is 0. The summed E-state index contributed by atoms with van der Waals surface area (Å²) < 4.78 is 12.6. The Morgan fingerprint density at radius 3 is 1.02 bits per heavy atom. The van der Waals surface area contributed by atoms with E-state index in [1.165, 1.54) is 21.6 Å². The molecule has 2 amide bonds. The molecular weight excluding hydrogens is 765 g/mol. The molecule has 0 radical (unpaired) electrons. The Bertz CT molecular complexity index is 1670. The number of rotatable bonds is 25. The van der Waals surface area contributed by atoms with E-state index in [2.05, 4.69) is 76.0 Å². The summed E-state index contributed by atoms with van der Waals surface area (Å²) in [6, 6.07) is 30.7. The molecule has 4 aromatic carbocycles. The van der Waals surface area contributed by atoms with E-state index in [1.54, 1.807) is 0 Å². The summed E-state index contributed by atoms with van der Waals surface area (Å²) >= 11 is 0. The lowest BCUT2D eigenvalue weighted by atomic mass is 10.1. The van der Waals surface area contributed by atoms with Crippen molar-refractivity contribution >= 4 is 33.4 Å². The van der Waals surface area contributed by atoms with Crippen molar-refractivity contribution in [1.29, 1.82) is 0 Å². The van der Waals surface area contributed by atoms with Crippen LogP contribution in [0.5, 0.6) is 23.0 Å². The van der Waals surface area contributed by atoms with Crippen LogP contribution in [0, 0.1) is 0 Å². The average molecular weight is 829 g/mol. The Morgan fingerprint density at radius 2 is 0.724 bits per heavy atom. The minimum absolute atomic E-state index is 0.0164. The summed E-state index contributed by atoms with van der Waals surface area (Å²) in [6.45, 7) is 6.16. The SMILES string of the molecule is CN(C)CCCN(CCCN(C)C)C(=O)c1ccc(Oc2ccccc2)cc1SSc1cc(Oc2ccccc2)ccc1C(=O)N(CCCN(C)C)CCCN(C)C. The summed E-state index contributed by atoms with van der Waals surface area (Å²) in [7, 11) is 19.4. The Morgan fingerprint density at radius 1 is 0.414 bits per heavy atom. The number of nitrogens with zero attached hydrogens (tertiary/aromatic N) is 6. The molecule has 0 saturated carbocycles. The van der Waals surface area contributed by atoms with Gasteiger partial charge in [0.2, 0.25) is 0 Å². The molecule has 0 saturated heterocycles. The molecule has 0 fully saturated rings. The molecule has 4 rings (SSSR count). The lowest BCUT2D eigenvalue weighted by molar-refractivity contribution is 0.0734. The van der Waals surface area contributed by atoms with Gasteiger partial charge in [0.25, 0.3) is 11.8 Å². The highest BCUT2D eigenvalue weighted by atomic mass is 33.1. The molecule has 0 aliphatic rings. The van der Waals surface area contributed by atoms with Crippen LogP contribution >= 0.6 is 21.6 Å². The number of carbonyl (C=O) groups excluding carboxylic acids is 2. The van der Waals surface area contributed by atoms with Gasteiger partial charge in [0.15, 0.2) is 0 Å².